The molecular formula is C34H22N2O. The van der Waals surface area contributed by atoms with Crippen molar-refractivity contribution >= 4 is 22.1 Å². The van der Waals surface area contributed by atoms with Gasteiger partial charge in [0.2, 0.25) is 5.71 Å². The predicted molar refractivity (Wildman–Crippen MR) is 151 cm³/mol. The van der Waals surface area contributed by atoms with Gasteiger partial charge in [-0.15, -0.1) is 0 Å². The largest absolute Gasteiger partial charge is 0.438 e. The Hall–Kier alpha value is -5.02. The molecule has 7 aromatic rings. The molecule has 37 heavy (non-hydrogen) atoms. The minimum absolute atomic E-state index is 0.600. The molecule has 0 aliphatic rings. The van der Waals surface area contributed by atoms with Gasteiger partial charge in [-0.25, -0.2) is 4.98 Å². The zero-order chi connectivity index (χ0) is 24.6. The second-order valence-corrected chi connectivity index (χ2v) is 9.06. The number of rotatable bonds is 4. The van der Waals surface area contributed by atoms with Gasteiger partial charge in [0.05, 0.1) is 11.1 Å². The first-order valence-electron chi connectivity index (χ1n) is 12.3. The first-order valence-corrected chi connectivity index (χ1v) is 12.3. The van der Waals surface area contributed by atoms with Crippen molar-refractivity contribution in [3.05, 3.63) is 133 Å². The van der Waals surface area contributed by atoms with Gasteiger partial charge < -0.3 is 4.42 Å². The van der Waals surface area contributed by atoms with Crippen LogP contribution in [0.2, 0.25) is 0 Å². The van der Waals surface area contributed by atoms with Crippen LogP contribution in [0.5, 0.6) is 0 Å². The third-order valence-electron chi connectivity index (χ3n) is 6.73. The van der Waals surface area contributed by atoms with Crippen molar-refractivity contribution in [2.75, 3.05) is 0 Å². The molecule has 0 saturated heterocycles. The lowest BCUT2D eigenvalue weighted by atomic mass is 9.99. The van der Waals surface area contributed by atoms with Crippen molar-refractivity contribution in [1.29, 1.82) is 0 Å². The van der Waals surface area contributed by atoms with Crippen LogP contribution < -0.4 is 0 Å². The molecule has 2 heterocycles. The number of hydrogen-bond acceptors (Lipinski definition) is 3. The second-order valence-electron chi connectivity index (χ2n) is 9.06. The van der Waals surface area contributed by atoms with E-state index >= 15 is 0 Å². The summed E-state index contributed by atoms with van der Waals surface area (Å²) in [6.45, 7) is 0. The number of benzene rings is 5. The number of hydrogen-bond donors (Lipinski definition) is 0. The first-order chi connectivity index (χ1) is 18.3. The van der Waals surface area contributed by atoms with Crippen LogP contribution in [-0.2, 0) is 0 Å². The summed E-state index contributed by atoms with van der Waals surface area (Å²) in [6, 6.07) is 45.8. The van der Waals surface area contributed by atoms with Crippen molar-refractivity contribution in [1.82, 2.24) is 9.97 Å². The summed E-state index contributed by atoms with van der Waals surface area (Å²) >= 11 is 0. The van der Waals surface area contributed by atoms with E-state index in [2.05, 4.69) is 91.0 Å². The van der Waals surface area contributed by atoms with Crippen LogP contribution in [0.3, 0.4) is 0 Å². The van der Waals surface area contributed by atoms with Crippen LogP contribution in [0.4, 0.5) is 0 Å². The summed E-state index contributed by atoms with van der Waals surface area (Å²) in [7, 11) is 0. The number of para-hydroxylation sites is 1. The lowest BCUT2D eigenvalue weighted by Crippen LogP contribution is -1.94. The molecule has 3 nitrogen and oxygen atoms in total. The topological polar surface area (TPSA) is 38.9 Å². The van der Waals surface area contributed by atoms with E-state index < -0.39 is 0 Å². The van der Waals surface area contributed by atoms with Crippen molar-refractivity contribution < 1.29 is 4.42 Å². The highest BCUT2D eigenvalue weighted by atomic mass is 16.3. The highest BCUT2D eigenvalue weighted by Gasteiger charge is 2.18. The summed E-state index contributed by atoms with van der Waals surface area (Å²) < 4.78 is 6.20. The number of furan rings is 1. The van der Waals surface area contributed by atoms with Gasteiger partial charge in [-0.3, -0.25) is 0 Å². The molecule has 0 unspecified atom stereocenters. The fraction of sp³-hybridized carbons (Fsp3) is 0. The third-order valence-corrected chi connectivity index (χ3v) is 6.73. The molecule has 0 saturated carbocycles. The maximum atomic E-state index is 6.20. The maximum Gasteiger partial charge on any atom is 0.231 e. The Labute approximate surface area is 214 Å². The van der Waals surface area contributed by atoms with Gasteiger partial charge in [0.15, 0.2) is 5.82 Å². The Balaban J connectivity index is 1.35. The molecule has 0 atom stereocenters. The molecule has 7 rings (SSSR count). The van der Waals surface area contributed by atoms with Crippen LogP contribution in [0, 0.1) is 0 Å². The van der Waals surface area contributed by atoms with Gasteiger partial charge in [0.1, 0.15) is 5.58 Å². The summed E-state index contributed by atoms with van der Waals surface area (Å²) in [6.07, 6.45) is 0. The van der Waals surface area contributed by atoms with Crippen LogP contribution in [0.1, 0.15) is 0 Å². The van der Waals surface area contributed by atoms with Crippen molar-refractivity contribution in [2.45, 2.75) is 0 Å². The van der Waals surface area contributed by atoms with Crippen LogP contribution in [-0.4, -0.2) is 9.97 Å². The molecule has 0 fully saturated rings. The average molecular weight is 475 g/mol. The Kier molecular flexibility index (Phi) is 5.11. The second kappa shape index (κ2) is 8.89. The average Bonchev–Trinajstić information content (AvgIpc) is 3.36. The van der Waals surface area contributed by atoms with Crippen LogP contribution >= 0.6 is 0 Å². The molecule has 0 N–H and O–H groups in total. The standard InChI is InChI=1S/C34H22N2O/c1-3-10-23(11-4-1)24-18-20-25(21-19-24)27-14-9-15-28(22-27)33-35-32(26-12-5-2-6-13-26)31-29-16-7-8-17-30(29)37-34(31)36-33/h1-22H. The summed E-state index contributed by atoms with van der Waals surface area (Å²) in [5.41, 5.74) is 8.95. The summed E-state index contributed by atoms with van der Waals surface area (Å²) in [5.74, 6) is 0.646. The summed E-state index contributed by atoms with van der Waals surface area (Å²) in [5, 5.41) is 1.97. The molecule has 0 bridgehead atoms. The fourth-order valence-electron chi connectivity index (χ4n) is 4.88. The van der Waals surface area contributed by atoms with Crippen molar-refractivity contribution in [3.63, 3.8) is 0 Å². The van der Waals surface area contributed by atoms with E-state index in [4.69, 9.17) is 14.4 Å². The zero-order valence-corrected chi connectivity index (χ0v) is 20.0. The molecule has 0 spiro atoms. The number of fused-ring (bicyclic) bond motifs is 3. The SMILES string of the molecule is c1ccc(-c2ccc(-c3cccc(-c4nc(-c5ccccc5)c5c(n4)oc4ccccc45)c3)cc2)cc1. The predicted octanol–water partition coefficient (Wildman–Crippen LogP) is 9.04. The minimum atomic E-state index is 0.600. The monoisotopic (exact) mass is 474 g/mol. The Morgan fingerprint density at radius 3 is 1.76 bits per heavy atom. The van der Waals surface area contributed by atoms with E-state index in [1.165, 1.54) is 11.1 Å². The van der Waals surface area contributed by atoms with Crippen molar-refractivity contribution in [2.24, 2.45) is 0 Å². The lowest BCUT2D eigenvalue weighted by molar-refractivity contribution is 0.653. The molecule has 0 radical (unpaired) electrons. The highest BCUT2D eigenvalue weighted by molar-refractivity contribution is 6.10. The van der Waals surface area contributed by atoms with Gasteiger partial charge in [-0.05, 0) is 34.4 Å². The van der Waals surface area contributed by atoms with Gasteiger partial charge in [0.25, 0.3) is 0 Å². The number of aromatic nitrogens is 2. The molecular weight excluding hydrogens is 452 g/mol. The van der Waals surface area contributed by atoms with Crippen LogP contribution in [0.25, 0.3) is 67.0 Å². The molecule has 0 aliphatic carbocycles. The molecule has 0 aliphatic heterocycles. The van der Waals surface area contributed by atoms with Crippen molar-refractivity contribution in [3.8, 4) is 44.9 Å². The van der Waals surface area contributed by atoms with Gasteiger partial charge in [0, 0.05) is 16.5 Å². The van der Waals surface area contributed by atoms with Gasteiger partial charge in [-0.2, -0.15) is 4.98 Å². The fourth-order valence-corrected chi connectivity index (χ4v) is 4.88. The Morgan fingerprint density at radius 1 is 0.432 bits per heavy atom. The van der Waals surface area contributed by atoms with E-state index in [0.29, 0.717) is 11.5 Å². The van der Waals surface area contributed by atoms with E-state index in [1.54, 1.807) is 0 Å². The smallest absolute Gasteiger partial charge is 0.231 e. The Morgan fingerprint density at radius 2 is 1.00 bits per heavy atom. The lowest BCUT2D eigenvalue weighted by Gasteiger charge is -2.09. The molecule has 5 aromatic carbocycles. The van der Waals surface area contributed by atoms with Gasteiger partial charge >= 0.3 is 0 Å². The molecule has 174 valence electrons. The highest BCUT2D eigenvalue weighted by Crippen LogP contribution is 2.36. The zero-order valence-electron chi connectivity index (χ0n) is 20.0. The van der Waals surface area contributed by atoms with Gasteiger partial charge in [-0.1, -0.05) is 121 Å². The van der Waals surface area contributed by atoms with E-state index in [1.807, 2.05) is 42.5 Å². The molecule has 3 heteroatoms. The first kappa shape index (κ1) is 21.3. The Bertz CT molecular complexity index is 1850. The molecule has 0 amide bonds. The quantitative estimate of drug-likeness (QED) is 0.255. The summed E-state index contributed by atoms with van der Waals surface area (Å²) in [4.78, 5) is 9.96. The minimum Gasteiger partial charge on any atom is -0.438 e. The number of nitrogens with zero attached hydrogens (tertiary/aromatic N) is 2. The van der Waals surface area contributed by atoms with E-state index in [-0.39, 0.29) is 0 Å². The van der Waals surface area contributed by atoms with E-state index in [0.717, 1.165) is 44.3 Å². The molecule has 2 aromatic heterocycles. The third kappa shape index (κ3) is 3.87. The maximum absolute atomic E-state index is 6.20. The normalized spacial score (nSPS) is 11.2. The van der Waals surface area contributed by atoms with E-state index in [9.17, 15) is 0 Å². The van der Waals surface area contributed by atoms with Crippen LogP contribution in [0.15, 0.2) is 138 Å².